The summed E-state index contributed by atoms with van der Waals surface area (Å²) in [4.78, 5) is 0. The molecule has 0 radical (unpaired) electrons. The molecule has 0 amide bonds. The summed E-state index contributed by atoms with van der Waals surface area (Å²) in [6, 6.07) is 25.7. The standard InChI is InChI=1S/C20H18/c1-3-20(2,18-11-5-4-6-12-18)19-14-13-16-9-7-8-10-17(16)15-19/h3-15H,1H2,2H3/t20-/m0/s1. The highest BCUT2D eigenvalue weighted by atomic mass is 14.3. The Kier molecular flexibility index (Phi) is 3.15. The average Bonchev–Trinajstić information content (AvgIpc) is 2.54. The van der Waals surface area contributed by atoms with Gasteiger partial charge in [-0.25, -0.2) is 0 Å². The fourth-order valence-electron chi connectivity index (χ4n) is 2.70. The van der Waals surface area contributed by atoms with Crippen molar-refractivity contribution in [2.24, 2.45) is 0 Å². The van der Waals surface area contributed by atoms with E-state index in [1.807, 2.05) is 12.1 Å². The first-order chi connectivity index (χ1) is 9.74. The number of hydrogen-bond acceptors (Lipinski definition) is 0. The van der Waals surface area contributed by atoms with Crippen molar-refractivity contribution in [2.75, 3.05) is 0 Å². The lowest BCUT2D eigenvalue weighted by Gasteiger charge is -2.27. The Balaban J connectivity index is 2.18. The van der Waals surface area contributed by atoms with E-state index in [0.29, 0.717) is 0 Å². The molecule has 0 bridgehead atoms. The Bertz CT molecular complexity index is 740. The van der Waals surface area contributed by atoms with Crippen molar-refractivity contribution >= 4 is 10.8 Å². The van der Waals surface area contributed by atoms with Crippen LogP contribution in [-0.2, 0) is 5.41 Å². The van der Waals surface area contributed by atoms with E-state index >= 15 is 0 Å². The highest BCUT2D eigenvalue weighted by Crippen LogP contribution is 2.34. The molecule has 0 unspecified atom stereocenters. The predicted molar refractivity (Wildman–Crippen MR) is 87.0 cm³/mol. The maximum atomic E-state index is 4.07. The maximum Gasteiger partial charge on any atom is 0.0351 e. The Morgan fingerprint density at radius 1 is 0.750 bits per heavy atom. The normalized spacial score (nSPS) is 13.8. The molecule has 0 aliphatic heterocycles. The number of fused-ring (bicyclic) bond motifs is 1. The van der Waals surface area contributed by atoms with Crippen LogP contribution in [-0.4, -0.2) is 0 Å². The molecule has 0 heterocycles. The molecule has 0 aliphatic carbocycles. The molecule has 1 atom stereocenters. The van der Waals surface area contributed by atoms with Crippen LogP contribution in [0.15, 0.2) is 85.5 Å². The molecule has 0 fully saturated rings. The molecule has 0 aromatic heterocycles. The van der Waals surface area contributed by atoms with Gasteiger partial charge in [0.2, 0.25) is 0 Å². The molecule has 0 saturated heterocycles. The number of benzene rings is 3. The summed E-state index contributed by atoms with van der Waals surface area (Å²) < 4.78 is 0. The lowest BCUT2D eigenvalue weighted by atomic mass is 9.76. The summed E-state index contributed by atoms with van der Waals surface area (Å²) in [5.74, 6) is 0. The maximum absolute atomic E-state index is 4.07. The second-order valence-electron chi connectivity index (χ2n) is 5.33. The van der Waals surface area contributed by atoms with Gasteiger partial charge in [0.1, 0.15) is 0 Å². The highest BCUT2D eigenvalue weighted by molar-refractivity contribution is 5.83. The third kappa shape index (κ3) is 2.04. The van der Waals surface area contributed by atoms with E-state index in [2.05, 4.69) is 80.2 Å². The molecule has 20 heavy (non-hydrogen) atoms. The summed E-state index contributed by atoms with van der Waals surface area (Å²) in [7, 11) is 0. The van der Waals surface area contributed by atoms with Gasteiger partial charge in [-0.2, -0.15) is 0 Å². The fraction of sp³-hybridized carbons (Fsp3) is 0.100. The van der Waals surface area contributed by atoms with Crippen molar-refractivity contribution in [3.63, 3.8) is 0 Å². The van der Waals surface area contributed by atoms with Crippen molar-refractivity contribution in [1.82, 2.24) is 0 Å². The summed E-state index contributed by atoms with van der Waals surface area (Å²) in [5, 5.41) is 2.55. The van der Waals surface area contributed by atoms with Crippen molar-refractivity contribution in [1.29, 1.82) is 0 Å². The molecule has 98 valence electrons. The van der Waals surface area contributed by atoms with Crippen LogP contribution in [0.1, 0.15) is 18.1 Å². The Hall–Kier alpha value is -2.34. The van der Waals surface area contributed by atoms with Gasteiger partial charge in [0.05, 0.1) is 0 Å². The molecule has 3 aromatic carbocycles. The van der Waals surface area contributed by atoms with Crippen LogP contribution in [0.4, 0.5) is 0 Å². The van der Waals surface area contributed by atoms with Gasteiger partial charge in [-0.1, -0.05) is 72.8 Å². The summed E-state index contributed by atoms with van der Waals surface area (Å²) in [5.41, 5.74) is 2.38. The number of rotatable bonds is 3. The number of hydrogen-bond donors (Lipinski definition) is 0. The van der Waals surface area contributed by atoms with Crippen LogP contribution in [0, 0.1) is 0 Å². The van der Waals surface area contributed by atoms with Gasteiger partial charge in [-0.05, 0) is 34.9 Å². The Morgan fingerprint density at radius 2 is 1.40 bits per heavy atom. The molecular weight excluding hydrogens is 240 g/mol. The van der Waals surface area contributed by atoms with Gasteiger partial charge in [0.15, 0.2) is 0 Å². The predicted octanol–water partition coefficient (Wildman–Crippen LogP) is 5.33. The zero-order valence-corrected chi connectivity index (χ0v) is 11.7. The third-order valence-corrected chi connectivity index (χ3v) is 4.13. The van der Waals surface area contributed by atoms with Crippen LogP contribution in [0.5, 0.6) is 0 Å². The third-order valence-electron chi connectivity index (χ3n) is 4.13. The van der Waals surface area contributed by atoms with E-state index in [9.17, 15) is 0 Å². The minimum atomic E-state index is -0.161. The zero-order valence-electron chi connectivity index (χ0n) is 11.7. The van der Waals surface area contributed by atoms with Gasteiger partial charge < -0.3 is 0 Å². The molecule has 0 heteroatoms. The minimum absolute atomic E-state index is 0.161. The van der Waals surface area contributed by atoms with Crippen LogP contribution < -0.4 is 0 Å². The Labute approximate surface area is 120 Å². The number of allylic oxidation sites excluding steroid dienone is 1. The van der Waals surface area contributed by atoms with Crippen LogP contribution >= 0.6 is 0 Å². The van der Waals surface area contributed by atoms with Gasteiger partial charge in [-0.15, -0.1) is 6.58 Å². The van der Waals surface area contributed by atoms with E-state index in [1.54, 1.807) is 0 Å². The quantitative estimate of drug-likeness (QED) is 0.557. The van der Waals surface area contributed by atoms with Crippen molar-refractivity contribution < 1.29 is 0 Å². The summed E-state index contributed by atoms with van der Waals surface area (Å²) in [6.07, 6.45) is 2.03. The van der Waals surface area contributed by atoms with E-state index < -0.39 is 0 Å². The van der Waals surface area contributed by atoms with Crippen LogP contribution in [0.25, 0.3) is 10.8 Å². The lowest BCUT2D eigenvalue weighted by molar-refractivity contribution is 0.727. The second-order valence-corrected chi connectivity index (χ2v) is 5.33. The van der Waals surface area contributed by atoms with E-state index in [1.165, 1.54) is 21.9 Å². The van der Waals surface area contributed by atoms with E-state index in [-0.39, 0.29) is 5.41 Å². The minimum Gasteiger partial charge on any atom is -0.102 e. The van der Waals surface area contributed by atoms with Crippen molar-refractivity contribution in [3.05, 3.63) is 96.6 Å². The van der Waals surface area contributed by atoms with Gasteiger partial charge in [-0.3, -0.25) is 0 Å². The first kappa shape index (κ1) is 12.7. The average molecular weight is 258 g/mol. The van der Waals surface area contributed by atoms with Crippen LogP contribution in [0.3, 0.4) is 0 Å². The Morgan fingerprint density at radius 3 is 2.10 bits per heavy atom. The van der Waals surface area contributed by atoms with E-state index in [4.69, 9.17) is 0 Å². The molecular formula is C20H18. The smallest absolute Gasteiger partial charge is 0.0351 e. The second kappa shape index (κ2) is 4.97. The molecule has 0 nitrogen and oxygen atoms in total. The van der Waals surface area contributed by atoms with Crippen LogP contribution in [0.2, 0.25) is 0 Å². The molecule has 0 N–H and O–H groups in total. The SMILES string of the molecule is C=C[C@@](C)(c1ccccc1)c1ccc2ccccc2c1. The highest BCUT2D eigenvalue weighted by Gasteiger charge is 2.25. The van der Waals surface area contributed by atoms with E-state index in [0.717, 1.165) is 0 Å². The first-order valence-electron chi connectivity index (χ1n) is 6.92. The monoisotopic (exact) mass is 258 g/mol. The van der Waals surface area contributed by atoms with Gasteiger partial charge in [0.25, 0.3) is 0 Å². The van der Waals surface area contributed by atoms with Crippen molar-refractivity contribution in [2.45, 2.75) is 12.3 Å². The molecule has 3 aromatic rings. The first-order valence-corrected chi connectivity index (χ1v) is 6.92. The topological polar surface area (TPSA) is 0 Å². The van der Waals surface area contributed by atoms with Crippen molar-refractivity contribution in [3.8, 4) is 0 Å². The zero-order chi connectivity index (χ0) is 14.0. The fourth-order valence-corrected chi connectivity index (χ4v) is 2.70. The largest absolute Gasteiger partial charge is 0.102 e. The van der Waals surface area contributed by atoms with Gasteiger partial charge in [0, 0.05) is 5.41 Å². The molecule has 0 aliphatic rings. The summed E-state index contributed by atoms with van der Waals surface area (Å²) >= 11 is 0. The molecule has 0 saturated carbocycles. The molecule has 0 spiro atoms. The summed E-state index contributed by atoms with van der Waals surface area (Å²) in [6.45, 7) is 6.29. The molecule has 3 rings (SSSR count). The van der Waals surface area contributed by atoms with Gasteiger partial charge >= 0.3 is 0 Å². The lowest BCUT2D eigenvalue weighted by Crippen LogP contribution is -2.20.